The Morgan fingerprint density at radius 1 is 1.11 bits per heavy atom. The first-order valence-electron chi connectivity index (χ1n) is 11.2. The van der Waals surface area contributed by atoms with Crippen LogP contribution in [0.3, 0.4) is 0 Å². The molecule has 36 heavy (non-hydrogen) atoms. The standard InChI is InChI=1S/C26H20F2N6O2/c1-30-23-8-17-16(12-31-23)13-34(25(35)24(17)14-6-7-14)22-10-21(18(27)9-19(22)28)33-26(36)32-20-5-3-2-4-15(20)11-29/h2-5,8-10,12-14,30H,6-7H2,1H3,(H2,32,33,36). The summed E-state index contributed by atoms with van der Waals surface area (Å²) < 4.78 is 30.7. The summed E-state index contributed by atoms with van der Waals surface area (Å²) in [5, 5.41) is 18.3. The van der Waals surface area contributed by atoms with Crippen LogP contribution in [-0.2, 0) is 0 Å². The number of benzene rings is 2. The fourth-order valence-corrected chi connectivity index (χ4v) is 4.11. The van der Waals surface area contributed by atoms with E-state index >= 15 is 0 Å². The molecule has 1 saturated carbocycles. The number of fused-ring (bicyclic) bond motifs is 1. The van der Waals surface area contributed by atoms with Gasteiger partial charge in [0, 0.05) is 36.5 Å². The van der Waals surface area contributed by atoms with Crippen molar-refractivity contribution in [2.24, 2.45) is 0 Å². The molecule has 2 aromatic heterocycles. The van der Waals surface area contributed by atoms with Crippen LogP contribution in [0.15, 0.2) is 59.7 Å². The number of carbonyl (C=O) groups is 1. The predicted molar refractivity (Wildman–Crippen MR) is 133 cm³/mol. The van der Waals surface area contributed by atoms with Crippen LogP contribution in [0.1, 0.15) is 29.9 Å². The first-order chi connectivity index (χ1) is 17.4. The van der Waals surface area contributed by atoms with Crippen LogP contribution in [0.25, 0.3) is 16.5 Å². The highest BCUT2D eigenvalue weighted by Gasteiger charge is 2.30. The molecule has 0 aliphatic heterocycles. The van der Waals surface area contributed by atoms with Gasteiger partial charge in [-0.1, -0.05) is 12.1 Å². The van der Waals surface area contributed by atoms with Gasteiger partial charge in [0.1, 0.15) is 23.5 Å². The summed E-state index contributed by atoms with van der Waals surface area (Å²) in [6.45, 7) is 0. The number of hydrogen-bond acceptors (Lipinski definition) is 5. The third-order valence-corrected chi connectivity index (χ3v) is 6.02. The van der Waals surface area contributed by atoms with Crippen LogP contribution < -0.4 is 21.5 Å². The van der Waals surface area contributed by atoms with E-state index in [1.54, 1.807) is 31.4 Å². The Labute approximate surface area is 204 Å². The fraction of sp³-hybridized carbons (Fsp3) is 0.154. The van der Waals surface area contributed by atoms with E-state index in [1.807, 2.05) is 6.07 Å². The van der Waals surface area contributed by atoms with E-state index in [0.29, 0.717) is 22.8 Å². The Morgan fingerprint density at radius 3 is 2.58 bits per heavy atom. The first-order valence-corrected chi connectivity index (χ1v) is 11.2. The molecule has 3 N–H and O–H groups in total. The maximum absolute atomic E-state index is 15.0. The summed E-state index contributed by atoms with van der Waals surface area (Å²) in [6.07, 6.45) is 4.73. The number of anilines is 3. The van der Waals surface area contributed by atoms with Gasteiger partial charge in [-0.15, -0.1) is 0 Å². The topological polar surface area (TPSA) is 112 Å². The Balaban J connectivity index is 1.55. The molecule has 0 bridgehead atoms. The zero-order valence-corrected chi connectivity index (χ0v) is 19.1. The molecule has 0 saturated heterocycles. The lowest BCUT2D eigenvalue weighted by molar-refractivity contribution is 0.262. The molecule has 1 fully saturated rings. The molecule has 1 aliphatic rings. The minimum Gasteiger partial charge on any atom is -0.373 e. The number of carbonyl (C=O) groups excluding carboxylic acids is 1. The number of nitrogens with zero attached hydrogens (tertiary/aromatic N) is 3. The molecule has 10 heteroatoms. The maximum atomic E-state index is 15.0. The molecular formula is C26H20F2N6O2. The second-order valence-corrected chi connectivity index (χ2v) is 8.42. The molecule has 4 aromatic rings. The van der Waals surface area contributed by atoms with Crippen molar-refractivity contribution in [2.75, 3.05) is 23.0 Å². The van der Waals surface area contributed by atoms with Gasteiger partial charge in [-0.3, -0.25) is 9.36 Å². The van der Waals surface area contributed by atoms with Gasteiger partial charge in [-0.25, -0.2) is 18.6 Å². The number of urea groups is 1. The highest BCUT2D eigenvalue weighted by Crippen LogP contribution is 2.41. The third-order valence-electron chi connectivity index (χ3n) is 6.02. The lowest BCUT2D eigenvalue weighted by atomic mass is 10.0. The minimum absolute atomic E-state index is 0.0478. The van der Waals surface area contributed by atoms with Gasteiger partial charge in [0.05, 0.1) is 22.6 Å². The number of nitriles is 1. The molecule has 0 unspecified atom stereocenters. The van der Waals surface area contributed by atoms with Crippen molar-refractivity contribution in [2.45, 2.75) is 18.8 Å². The quantitative estimate of drug-likeness (QED) is 0.363. The first kappa shape index (κ1) is 23.0. The number of nitrogens with one attached hydrogen (secondary N) is 3. The second-order valence-electron chi connectivity index (χ2n) is 8.42. The van der Waals surface area contributed by atoms with Crippen LogP contribution in [0.5, 0.6) is 0 Å². The van der Waals surface area contributed by atoms with Gasteiger partial charge < -0.3 is 16.0 Å². The molecule has 2 amide bonds. The van der Waals surface area contributed by atoms with E-state index in [2.05, 4.69) is 20.9 Å². The van der Waals surface area contributed by atoms with Gasteiger partial charge in [0.15, 0.2) is 0 Å². The molecule has 0 radical (unpaired) electrons. The number of rotatable bonds is 5. The van der Waals surface area contributed by atoms with Crippen molar-refractivity contribution in [3.8, 4) is 11.8 Å². The number of amides is 2. The van der Waals surface area contributed by atoms with Crippen molar-refractivity contribution < 1.29 is 13.6 Å². The number of aromatic nitrogens is 2. The molecule has 0 atom stereocenters. The van der Waals surface area contributed by atoms with Crippen molar-refractivity contribution in [1.29, 1.82) is 5.26 Å². The summed E-state index contributed by atoms with van der Waals surface area (Å²) in [5.74, 6) is -1.33. The van der Waals surface area contributed by atoms with Gasteiger partial charge in [-0.05, 0) is 48.4 Å². The van der Waals surface area contributed by atoms with E-state index in [1.165, 1.54) is 18.3 Å². The molecule has 1 aliphatic carbocycles. The number of pyridine rings is 2. The largest absolute Gasteiger partial charge is 0.373 e. The van der Waals surface area contributed by atoms with Crippen molar-refractivity contribution in [1.82, 2.24) is 9.55 Å². The van der Waals surface area contributed by atoms with Gasteiger partial charge >= 0.3 is 6.03 Å². The van der Waals surface area contributed by atoms with Crippen molar-refractivity contribution in [3.05, 3.63) is 88.0 Å². The van der Waals surface area contributed by atoms with Crippen molar-refractivity contribution >= 4 is 34.0 Å². The van der Waals surface area contributed by atoms with Crippen LogP contribution in [0, 0.1) is 23.0 Å². The normalized spacial score (nSPS) is 12.7. The molecule has 5 rings (SSSR count). The zero-order valence-electron chi connectivity index (χ0n) is 19.1. The zero-order chi connectivity index (χ0) is 25.4. The summed E-state index contributed by atoms with van der Waals surface area (Å²) in [4.78, 5) is 30.3. The second kappa shape index (κ2) is 9.11. The number of para-hydroxylation sites is 1. The number of halogens is 2. The Morgan fingerprint density at radius 2 is 1.86 bits per heavy atom. The van der Waals surface area contributed by atoms with Crippen LogP contribution in [0.4, 0.5) is 30.8 Å². The average Bonchev–Trinajstić information content (AvgIpc) is 3.70. The maximum Gasteiger partial charge on any atom is 0.323 e. The highest BCUT2D eigenvalue weighted by atomic mass is 19.1. The summed E-state index contributed by atoms with van der Waals surface area (Å²) in [5.41, 5.74) is 0.0435. The van der Waals surface area contributed by atoms with Crippen molar-refractivity contribution in [3.63, 3.8) is 0 Å². The summed E-state index contributed by atoms with van der Waals surface area (Å²) >= 11 is 0. The van der Waals surface area contributed by atoms with E-state index in [9.17, 15) is 23.6 Å². The average molecular weight is 486 g/mol. The molecule has 2 aromatic carbocycles. The Kier molecular flexibility index (Phi) is 5.82. The monoisotopic (exact) mass is 486 g/mol. The van der Waals surface area contributed by atoms with Gasteiger partial charge in [-0.2, -0.15) is 5.26 Å². The molecule has 180 valence electrons. The number of hydrogen-bond donors (Lipinski definition) is 3. The SMILES string of the molecule is CNc1cc2c(C3CC3)c(=O)n(-c3cc(NC(=O)Nc4ccccc4C#N)c(F)cc3F)cc2cn1. The molecule has 2 heterocycles. The highest BCUT2D eigenvalue weighted by molar-refractivity contribution is 6.00. The third kappa shape index (κ3) is 4.22. The van der Waals surface area contributed by atoms with E-state index in [4.69, 9.17) is 0 Å². The lowest BCUT2D eigenvalue weighted by Gasteiger charge is -2.15. The van der Waals surface area contributed by atoms with Gasteiger partial charge in [0.25, 0.3) is 5.56 Å². The van der Waals surface area contributed by atoms with E-state index in [0.717, 1.165) is 28.9 Å². The summed E-state index contributed by atoms with van der Waals surface area (Å²) in [7, 11) is 1.73. The summed E-state index contributed by atoms with van der Waals surface area (Å²) in [6, 6.07) is 10.9. The van der Waals surface area contributed by atoms with Crippen LogP contribution in [0.2, 0.25) is 0 Å². The lowest BCUT2D eigenvalue weighted by Crippen LogP contribution is -2.24. The fourth-order valence-electron chi connectivity index (χ4n) is 4.11. The van der Waals surface area contributed by atoms with E-state index < -0.39 is 23.2 Å². The van der Waals surface area contributed by atoms with Crippen LogP contribution >= 0.6 is 0 Å². The molecule has 8 nitrogen and oxygen atoms in total. The Bertz CT molecular complexity index is 1620. The van der Waals surface area contributed by atoms with Gasteiger partial charge in [0.2, 0.25) is 0 Å². The molecule has 0 spiro atoms. The Hall–Kier alpha value is -4.78. The predicted octanol–water partition coefficient (Wildman–Crippen LogP) is 5.10. The van der Waals surface area contributed by atoms with Crippen LogP contribution in [-0.4, -0.2) is 22.6 Å². The smallest absolute Gasteiger partial charge is 0.323 e. The molecular weight excluding hydrogens is 466 g/mol. The minimum atomic E-state index is -1.02. The van der Waals surface area contributed by atoms with E-state index in [-0.39, 0.29) is 28.5 Å².